The number of fused-ring (bicyclic) bond motifs is 2. The number of para-hydroxylation sites is 4. The van der Waals surface area contributed by atoms with Gasteiger partial charge < -0.3 is 4.98 Å². The third-order valence-corrected chi connectivity index (χ3v) is 4.18. The van der Waals surface area contributed by atoms with Gasteiger partial charge in [0.15, 0.2) is 0 Å². The van der Waals surface area contributed by atoms with Crippen molar-refractivity contribution < 1.29 is 0 Å². The molecule has 0 aliphatic rings. The zero-order chi connectivity index (χ0) is 16.6. The van der Waals surface area contributed by atoms with E-state index >= 15 is 0 Å². The summed E-state index contributed by atoms with van der Waals surface area (Å²) in [6.07, 6.45) is 5.47. The van der Waals surface area contributed by atoms with Crippen molar-refractivity contribution in [2.75, 3.05) is 0 Å². The van der Waals surface area contributed by atoms with Crippen LogP contribution in [0.1, 0.15) is 0 Å². The summed E-state index contributed by atoms with van der Waals surface area (Å²) in [6.45, 7) is 0. The molecular formula is C20H13N5. The predicted octanol–water partition coefficient (Wildman–Crippen LogP) is 4.24. The lowest BCUT2D eigenvalue weighted by molar-refractivity contribution is 1.25. The second-order valence-corrected chi connectivity index (χ2v) is 5.75. The van der Waals surface area contributed by atoms with Crippen LogP contribution in [0.2, 0.25) is 0 Å². The van der Waals surface area contributed by atoms with Crippen LogP contribution in [0, 0.1) is 0 Å². The largest absolute Gasteiger partial charge is 0.359 e. The molecule has 2 aromatic carbocycles. The van der Waals surface area contributed by atoms with Gasteiger partial charge in [0.25, 0.3) is 0 Å². The average Bonchev–Trinajstić information content (AvgIpc) is 3.17. The van der Waals surface area contributed by atoms with E-state index in [0.29, 0.717) is 0 Å². The van der Waals surface area contributed by atoms with Crippen LogP contribution in [0.15, 0.2) is 73.2 Å². The highest BCUT2D eigenvalue weighted by Gasteiger charge is 2.13. The van der Waals surface area contributed by atoms with E-state index < -0.39 is 0 Å². The van der Waals surface area contributed by atoms with E-state index in [1.165, 1.54) is 0 Å². The van der Waals surface area contributed by atoms with Crippen LogP contribution in [-0.2, 0) is 0 Å². The van der Waals surface area contributed by atoms with Crippen LogP contribution in [0.5, 0.6) is 0 Å². The smallest absolute Gasteiger partial charge is 0.106 e. The fourth-order valence-electron chi connectivity index (χ4n) is 2.96. The summed E-state index contributed by atoms with van der Waals surface area (Å²) in [5, 5.41) is 0. The summed E-state index contributed by atoms with van der Waals surface area (Å²) in [5.74, 6) is 0. The molecular weight excluding hydrogens is 310 g/mol. The Kier molecular flexibility index (Phi) is 3.03. The molecule has 1 N–H and O–H groups in total. The van der Waals surface area contributed by atoms with Gasteiger partial charge in [-0.3, -0.25) is 9.97 Å². The number of benzene rings is 2. The maximum absolute atomic E-state index is 4.74. The molecule has 0 fully saturated rings. The molecule has 5 heteroatoms. The molecule has 5 rings (SSSR count). The van der Waals surface area contributed by atoms with E-state index in [0.717, 1.165) is 44.7 Å². The summed E-state index contributed by atoms with van der Waals surface area (Å²) in [7, 11) is 0. The van der Waals surface area contributed by atoms with Gasteiger partial charge in [-0.2, -0.15) is 0 Å². The number of rotatable bonds is 2. The third-order valence-electron chi connectivity index (χ3n) is 4.18. The first-order valence-corrected chi connectivity index (χ1v) is 8.00. The van der Waals surface area contributed by atoms with Crippen LogP contribution in [0.4, 0.5) is 0 Å². The minimum absolute atomic E-state index is 0.786. The molecule has 3 aromatic heterocycles. The number of nitrogens with zero attached hydrogens (tertiary/aromatic N) is 4. The first-order chi connectivity index (χ1) is 12.4. The van der Waals surface area contributed by atoms with Gasteiger partial charge in [-0.1, -0.05) is 24.3 Å². The lowest BCUT2D eigenvalue weighted by atomic mass is 10.1. The number of H-pyrrole nitrogens is 1. The summed E-state index contributed by atoms with van der Waals surface area (Å²) in [6, 6.07) is 17.7. The van der Waals surface area contributed by atoms with E-state index in [9.17, 15) is 0 Å². The number of hydrogen-bond donors (Lipinski definition) is 1. The minimum atomic E-state index is 0.786. The van der Waals surface area contributed by atoms with Crippen LogP contribution in [0.25, 0.3) is 44.7 Å². The Hall–Kier alpha value is -3.60. The zero-order valence-electron chi connectivity index (χ0n) is 13.2. The molecule has 0 amide bonds. The van der Waals surface area contributed by atoms with Crippen LogP contribution >= 0.6 is 0 Å². The van der Waals surface area contributed by atoms with Gasteiger partial charge >= 0.3 is 0 Å². The molecule has 25 heavy (non-hydrogen) atoms. The maximum atomic E-state index is 4.74. The lowest BCUT2D eigenvalue weighted by Crippen LogP contribution is -1.92. The average molecular weight is 323 g/mol. The van der Waals surface area contributed by atoms with Crippen molar-refractivity contribution >= 4 is 22.1 Å². The van der Waals surface area contributed by atoms with Gasteiger partial charge in [-0.25, -0.2) is 9.97 Å². The van der Waals surface area contributed by atoms with Gasteiger partial charge in [-0.05, 0) is 30.3 Å². The first kappa shape index (κ1) is 13.8. The summed E-state index contributed by atoms with van der Waals surface area (Å²) < 4.78 is 0. The first-order valence-electron chi connectivity index (χ1n) is 8.00. The standard InChI is InChI=1S/C20H13N5/c1-3-7-16-14(5-1)22-11-18(24-16)13-9-10-21-20(13)19-12-23-15-6-2-4-8-17(15)25-19/h1-12,21H. The molecule has 0 saturated heterocycles. The van der Waals surface area contributed by atoms with Crippen LogP contribution < -0.4 is 0 Å². The molecule has 3 heterocycles. The maximum Gasteiger partial charge on any atom is 0.106 e. The van der Waals surface area contributed by atoms with Crippen molar-refractivity contribution in [3.63, 3.8) is 0 Å². The van der Waals surface area contributed by atoms with E-state index in [1.807, 2.05) is 60.8 Å². The number of nitrogens with one attached hydrogen (secondary N) is 1. The van der Waals surface area contributed by atoms with E-state index in [2.05, 4.69) is 15.0 Å². The molecule has 0 spiro atoms. The van der Waals surface area contributed by atoms with Crippen molar-refractivity contribution in [2.24, 2.45) is 0 Å². The monoisotopic (exact) mass is 323 g/mol. The van der Waals surface area contributed by atoms with E-state index in [-0.39, 0.29) is 0 Å². The van der Waals surface area contributed by atoms with Gasteiger partial charge in [0, 0.05) is 11.8 Å². The van der Waals surface area contributed by atoms with Crippen molar-refractivity contribution in [3.8, 4) is 22.6 Å². The molecule has 0 bridgehead atoms. The number of hydrogen-bond acceptors (Lipinski definition) is 4. The van der Waals surface area contributed by atoms with Gasteiger partial charge in [0.2, 0.25) is 0 Å². The van der Waals surface area contributed by atoms with Gasteiger partial charge in [0.05, 0.1) is 45.8 Å². The second kappa shape index (κ2) is 5.49. The molecule has 0 aliphatic heterocycles. The normalized spacial score (nSPS) is 11.2. The summed E-state index contributed by atoms with van der Waals surface area (Å²) >= 11 is 0. The number of aromatic amines is 1. The van der Waals surface area contributed by atoms with Crippen molar-refractivity contribution in [1.82, 2.24) is 24.9 Å². The fraction of sp³-hybridized carbons (Fsp3) is 0. The highest BCUT2D eigenvalue weighted by molar-refractivity contribution is 5.84. The Morgan fingerprint density at radius 2 is 1.16 bits per heavy atom. The van der Waals surface area contributed by atoms with E-state index in [1.54, 1.807) is 12.4 Å². The SMILES string of the molecule is c1ccc2nc(-c3cc[nH]c3-c3cnc4ccccc4n3)cnc2c1. The summed E-state index contributed by atoms with van der Waals surface area (Å²) in [5.41, 5.74) is 6.95. The fourth-order valence-corrected chi connectivity index (χ4v) is 2.96. The molecule has 0 radical (unpaired) electrons. The van der Waals surface area contributed by atoms with Crippen molar-refractivity contribution in [1.29, 1.82) is 0 Å². The Balaban J connectivity index is 1.67. The van der Waals surface area contributed by atoms with Crippen molar-refractivity contribution in [3.05, 3.63) is 73.2 Å². The predicted molar refractivity (Wildman–Crippen MR) is 97.9 cm³/mol. The summed E-state index contributed by atoms with van der Waals surface area (Å²) in [4.78, 5) is 21.7. The Morgan fingerprint density at radius 1 is 0.600 bits per heavy atom. The Labute approximate surface area is 143 Å². The molecule has 0 aliphatic carbocycles. The van der Waals surface area contributed by atoms with Crippen LogP contribution in [0.3, 0.4) is 0 Å². The van der Waals surface area contributed by atoms with Gasteiger partial charge in [0.1, 0.15) is 5.69 Å². The van der Waals surface area contributed by atoms with Gasteiger partial charge in [-0.15, -0.1) is 0 Å². The highest BCUT2D eigenvalue weighted by Crippen LogP contribution is 2.29. The topological polar surface area (TPSA) is 67.3 Å². The minimum Gasteiger partial charge on any atom is -0.359 e. The van der Waals surface area contributed by atoms with Crippen LogP contribution in [-0.4, -0.2) is 24.9 Å². The number of aromatic nitrogens is 5. The molecule has 0 atom stereocenters. The Bertz CT molecular complexity index is 1120. The van der Waals surface area contributed by atoms with Crippen molar-refractivity contribution in [2.45, 2.75) is 0 Å². The molecule has 0 saturated carbocycles. The highest BCUT2D eigenvalue weighted by atomic mass is 14.9. The molecule has 5 nitrogen and oxygen atoms in total. The van der Waals surface area contributed by atoms with E-state index in [4.69, 9.17) is 9.97 Å². The molecule has 5 aromatic rings. The Morgan fingerprint density at radius 3 is 1.84 bits per heavy atom. The zero-order valence-corrected chi connectivity index (χ0v) is 13.2. The molecule has 118 valence electrons. The third kappa shape index (κ3) is 2.33. The molecule has 0 unspecified atom stereocenters. The quantitative estimate of drug-likeness (QED) is 0.528. The lowest BCUT2D eigenvalue weighted by Gasteiger charge is -2.05. The second-order valence-electron chi connectivity index (χ2n) is 5.75.